The number of rotatable bonds is 5. The van der Waals surface area contributed by atoms with E-state index < -0.39 is 5.91 Å². The molecule has 0 saturated heterocycles. The normalized spacial score (nSPS) is 11.1. The van der Waals surface area contributed by atoms with Crippen molar-refractivity contribution < 1.29 is 4.79 Å². The van der Waals surface area contributed by atoms with Crippen molar-refractivity contribution >= 4 is 72.6 Å². The fraction of sp³-hybridized carbons (Fsp3) is 0.222. The van der Waals surface area contributed by atoms with E-state index in [2.05, 4.69) is 89.9 Å². The summed E-state index contributed by atoms with van der Waals surface area (Å²) in [4.78, 5) is 21.4. The third-order valence-electron chi connectivity index (χ3n) is 7.94. The number of halogens is 2. The predicted molar refractivity (Wildman–Crippen MR) is 202 cm³/mol. The van der Waals surface area contributed by atoms with Crippen molar-refractivity contribution in [3.8, 4) is 28.3 Å². The zero-order valence-electron chi connectivity index (χ0n) is 27.4. The number of carbonyl (C=O) groups is 1. The molecule has 1 amide bonds. The van der Waals surface area contributed by atoms with Crippen molar-refractivity contribution in [2.45, 2.75) is 51.6 Å². The highest BCUT2D eigenvalue weighted by molar-refractivity contribution is 9.10. The standard InChI is InChI=1S/C18H18BrN3OS.C18H16BrN3S/c1-9-5-12(19)6-10(2)16(9)13-8-14(17(20)23)22-15(24-4)7-11(3)21-18(13)22;1-10-5-13(19)6-11(2)17(10)15-8-14(9-20)22-16(23-4)7-12(3)21-18(15)22/h5-8H,1-4H3,(H2,20,23);5-8H,1-4H3. The molecule has 2 N–H and O–H groups in total. The van der Waals surface area contributed by atoms with Crippen molar-refractivity contribution in [2.75, 3.05) is 12.5 Å². The maximum atomic E-state index is 12.0. The van der Waals surface area contributed by atoms with Crippen LogP contribution in [-0.2, 0) is 0 Å². The van der Waals surface area contributed by atoms with E-state index in [1.807, 2.05) is 59.4 Å². The lowest BCUT2D eigenvalue weighted by Crippen LogP contribution is -2.14. The Balaban J connectivity index is 0.000000185. The van der Waals surface area contributed by atoms with Crippen LogP contribution in [0.5, 0.6) is 0 Å². The number of amides is 1. The average Bonchev–Trinajstić information content (AvgIpc) is 3.54. The summed E-state index contributed by atoms with van der Waals surface area (Å²) in [5.74, 6) is -0.454. The van der Waals surface area contributed by atoms with E-state index in [-0.39, 0.29) is 0 Å². The van der Waals surface area contributed by atoms with Crippen LogP contribution < -0.4 is 5.73 Å². The second-order valence-electron chi connectivity index (χ2n) is 11.4. The van der Waals surface area contributed by atoms with Crippen LogP contribution >= 0.6 is 55.4 Å². The lowest BCUT2D eigenvalue weighted by atomic mass is 9.97. The van der Waals surface area contributed by atoms with Gasteiger partial charge in [-0.25, -0.2) is 9.97 Å². The van der Waals surface area contributed by atoms with Crippen molar-refractivity contribution in [3.63, 3.8) is 0 Å². The maximum Gasteiger partial charge on any atom is 0.265 e. The lowest BCUT2D eigenvalue weighted by molar-refractivity contribution is 0.0994. The molecule has 0 aliphatic carbocycles. The molecular formula is C36H34Br2N6OS2. The summed E-state index contributed by atoms with van der Waals surface area (Å²) in [6.07, 6.45) is 4.00. The predicted octanol–water partition coefficient (Wildman–Crippen LogP) is 9.79. The Kier molecular flexibility index (Phi) is 10.3. The van der Waals surface area contributed by atoms with Crippen LogP contribution in [0.1, 0.15) is 49.8 Å². The molecule has 6 rings (SSSR count). The SMILES string of the molecule is CSc1cc(C)nc2c(-c3c(C)cc(Br)cc3C)cc(C#N)n12.CSc1cc(C)nc2c(-c3c(C)cc(Br)cc3C)cc(C(N)=O)n12. The molecule has 2 aromatic carbocycles. The number of aromatic nitrogens is 4. The molecule has 0 spiro atoms. The van der Waals surface area contributed by atoms with E-state index in [9.17, 15) is 10.1 Å². The molecule has 4 heterocycles. The fourth-order valence-electron chi connectivity index (χ4n) is 6.16. The van der Waals surface area contributed by atoms with Gasteiger partial charge in [0.15, 0.2) is 0 Å². The van der Waals surface area contributed by atoms with E-state index in [1.54, 1.807) is 23.5 Å². The zero-order valence-corrected chi connectivity index (χ0v) is 32.2. The number of fused-ring (bicyclic) bond motifs is 2. The Bertz CT molecular complexity index is 2220. The van der Waals surface area contributed by atoms with Gasteiger partial charge in [0.2, 0.25) is 0 Å². The van der Waals surface area contributed by atoms with Crippen molar-refractivity contribution in [1.29, 1.82) is 5.26 Å². The molecule has 0 fully saturated rings. The minimum atomic E-state index is -0.454. The molecule has 4 aromatic heterocycles. The number of benzene rings is 2. The minimum absolute atomic E-state index is 0.454. The molecule has 7 nitrogen and oxygen atoms in total. The van der Waals surface area contributed by atoms with Gasteiger partial charge in [0.25, 0.3) is 5.91 Å². The van der Waals surface area contributed by atoms with Gasteiger partial charge in [0, 0.05) is 31.5 Å². The van der Waals surface area contributed by atoms with Gasteiger partial charge in [-0.3, -0.25) is 13.6 Å². The van der Waals surface area contributed by atoms with E-state index in [0.29, 0.717) is 11.4 Å². The summed E-state index contributed by atoms with van der Waals surface area (Å²) >= 11 is 10.3. The average molecular weight is 791 g/mol. The number of carbonyl (C=O) groups excluding carboxylic acids is 1. The van der Waals surface area contributed by atoms with E-state index in [4.69, 9.17) is 15.7 Å². The number of hydrogen-bond donors (Lipinski definition) is 1. The highest BCUT2D eigenvalue weighted by atomic mass is 79.9. The van der Waals surface area contributed by atoms with Crippen LogP contribution in [-0.4, -0.2) is 37.2 Å². The number of nitrogens with zero attached hydrogens (tertiary/aromatic N) is 5. The Morgan fingerprint density at radius 2 is 1.11 bits per heavy atom. The first-order valence-electron chi connectivity index (χ1n) is 14.7. The number of aryl methyl sites for hydroxylation is 6. The van der Waals surface area contributed by atoms with Crippen molar-refractivity contribution in [1.82, 2.24) is 18.8 Å². The van der Waals surface area contributed by atoms with Crippen LogP contribution in [0, 0.1) is 52.9 Å². The lowest BCUT2D eigenvalue weighted by Gasteiger charge is -2.11. The molecule has 0 aliphatic rings. The monoisotopic (exact) mass is 788 g/mol. The molecular weight excluding hydrogens is 756 g/mol. The van der Waals surface area contributed by atoms with Crippen LogP contribution in [0.4, 0.5) is 0 Å². The van der Waals surface area contributed by atoms with Gasteiger partial charge in [-0.05, 0) is 136 Å². The fourth-order valence-corrected chi connectivity index (χ4v) is 8.84. The number of nitrogens with two attached hydrogens (primary N) is 1. The summed E-state index contributed by atoms with van der Waals surface area (Å²) in [5.41, 5.74) is 19.0. The summed E-state index contributed by atoms with van der Waals surface area (Å²) < 4.78 is 5.91. The first kappa shape index (κ1) is 34.8. The second kappa shape index (κ2) is 13.9. The molecule has 0 radical (unpaired) electrons. The Morgan fingerprint density at radius 1 is 0.702 bits per heavy atom. The number of hydrogen-bond acceptors (Lipinski definition) is 6. The van der Waals surface area contributed by atoms with Crippen LogP contribution in [0.15, 0.2) is 67.5 Å². The summed E-state index contributed by atoms with van der Waals surface area (Å²) in [6.45, 7) is 12.3. The molecule has 47 heavy (non-hydrogen) atoms. The Morgan fingerprint density at radius 3 is 1.51 bits per heavy atom. The first-order valence-corrected chi connectivity index (χ1v) is 18.7. The Labute approximate surface area is 300 Å². The smallest absolute Gasteiger partial charge is 0.265 e. The number of primary amides is 1. The van der Waals surface area contributed by atoms with Crippen LogP contribution in [0.3, 0.4) is 0 Å². The van der Waals surface area contributed by atoms with Gasteiger partial charge in [-0.1, -0.05) is 31.9 Å². The van der Waals surface area contributed by atoms with Gasteiger partial charge in [0.05, 0.1) is 10.1 Å². The maximum absolute atomic E-state index is 12.0. The molecule has 0 unspecified atom stereocenters. The van der Waals surface area contributed by atoms with Crippen LogP contribution in [0.25, 0.3) is 33.5 Å². The first-order chi connectivity index (χ1) is 22.3. The van der Waals surface area contributed by atoms with Gasteiger partial charge >= 0.3 is 0 Å². The van der Waals surface area contributed by atoms with E-state index in [0.717, 1.165) is 75.1 Å². The second-order valence-corrected chi connectivity index (χ2v) is 14.9. The summed E-state index contributed by atoms with van der Waals surface area (Å²) in [6, 6.07) is 18.4. The number of nitriles is 1. The largest absolute Gasteiger partial charge is 0.364 e. The Hall–Kier alpha value is -3.56. The molecule has 0 bridgehead atoms. The van der Waals surface area contributed by atoms with Gasteiger partial charge < -0.3 is 5.73 Å². The third-order valence-corrected chi connectivity index (χ3v) is 10.3. The molecule has 0 saturated carbocycles. The zero-order chi connectivity index (χ0) is 34.3. The van der Waals surface area contributed by atoms with Gasteiger partial charge in [0.1, 0.15) is 28.8 Å². The quantitative estimate of drug-likeness (QED) is 0.138. The van der Waals surface area contributed by atoms with E-state index in [1.165, 1.54) is 11.1 Å². The molecule has 11 heteroatoms. The van der Waals surface area contributed by atoms with Crippen molar-refractivity contribution in [2.24, 2.45) is 5.73 Å². The molecule has 240 valence electrons. The summed E-state index contributed by atoms with van der Waals surface area (Å²) in [7, 11) is 0. The van der Waals surface area contributed by atoms with Crippen LogP contribution in [0.2, 0.25) is 0 Å². The number of thioether (sulfide) groups is 2. The minimum Gasteiger partial charge on any atom is -0.364 e. The highest BCUT2D eigenvalue weighted by Gasteiger charge is 2.21. The molecule has 0 atom stereocenters. The molecule has 6 aromatic rings. The third kappa shape index (κ3) is 6.61. The van der Waals surface area contributed by atoms with Gasteiger partial charge in [-0.2, -0.15) is 5.26 Å². The molecule has 0 aliphatic heterocycles. The highest BCUT2D eigenvalue weighted by Crippen LogP contribution is 2.37. The summed E-state index contributed by atoms with van der Waals surface area (Å²) in [5, 5.41) is 11.5. The topological polar surface area (TPSA) is 101 Å². The van der Waals surface area contributed by atoms with Crippen molar-refractivity contribution in [3.05, 3.63) is 103 Å². The van der Waals surface area contributed by atoms with E-state index >= 15 is 0 Å². The van der Waals surface area contributed by atoms with Gasteiger partial charge in [-0.15, -0.1) is 23.5 Å².